The van der Waals surface area contributed by atoms with Gasteiger partial charge in [0.15, 0.2) is 0 Å². The van der Waals surface area contributed by atoms with Crippen molar-refractivity contribution < 1.29 is 9.18 Å². The van der Waals surface area contributed by atoms with E-state index in [4.69, 9.17) is 0 Å². The Morgan fingerprint density at radius 1 is 1.29 bits per heavy atom. The van der Waals surface area contributed by atoms with Crippen molar-refractivity contribution in [2.24, 2.45) is 0 Å². The van der Waals surface area contributed by atoms with Gasteiger partial charge in [-0.1, -0.05) is 24.3 Å². The zero-order chi connectivity index (χ0) is 15.0. The molecule has 1 aliphatic carbocycles. The summed E-state index contributed by atoms with van der Waals surface area (Å²) in [5.74, 6) is -0.565. The Morgan fingerprint density at radius 3 is 2.86 bits per heavy atom. The normalized spacial score (nSPS) is 16.6. The van der Waals surface area contributed by atoms with Crippen LogP contribution in [0.4, 0.5) is 4.39 Å². The summed E-state index contributed by atoms with van der Waals surface area (Å²) in [6.07, 6.45) is 1.89. The Labute approximate surface area is 131 Å². The van der Waals surface area contributed by atoms with Crippen molar-refractivity contribution in [3.8, 4) is 0 Å². The van der Waals surface area contributed by atoms with Gasteiger partial charge in [0.2, 0.25) is 0 Å². The Balaban J connectivity index is 1.91. The van der Waals surface area contributed by atoms with E-state index in [9.17, 15) is 9.18 Å². The molecule has 1 unspecified atom stereocenters. The summed E-state index contributed by atoms with van der Waals surface area (Å²) in [4.78, 5) is 14.4. The van der Waals surface area contributed by atoms with Crippen molar-refractivity contribution in [1.29, 1.82) is 0 Å². The molecule has 4 heteroatoms. The maximum atomic E-state index is 13.4. The Hall–Kier alpha value is -1.68. The lowest BCUT2D eigenvalue weighted by Gasteiger charge is -2.26. The molecule has 108 valence electrons. The van der Waals surface area contributed by atoms with Crippen LogP contribution in [0.1, 0.15) is 33.9 Å². The van der Waals surface area contributed by atoms with Crippen LogP contribution in [-0.4, -0.2) is 17.9 Å². The van der Waals surface area contributed by atoms with Gasteiger partial charge in [-0.15, -0.1) is 0 Å². The van der Waals surface area contributed by atoms with E-state index in [1.165, 1.54) is 23.3 Å². The minimum absolute atomic E-state index is 0.0591. The quantitative estimate of drug-likeness (QED) is 0.790. The number of carbonyl (C=O) groups excluding carboxylic acids is 1. The molecule has 1 atom stereocenters. The minimum atomic E-state index is -0.401. The van der Waals surface area contributed by atoms with Gasteiger partial charge in [-0.2, -0.15) is 0 Å². The Morgan fingerprint density at radius 2 is 2.05 bits per heavy atom. The van der Waals surface area contributed by atoms with Crippen LogP contribution in [0.5, 0.6) is 0 Å². The summed E-state index contributed by atoms with van der Waals surface area (Å²) in [6, 6.07) is 12.4. The average Bonchev–Trinajstić information content (AvgIpc) is 2.92. The third-order valence-electron chi connectivity index (χ3n) is 4.05. The molecule has 1 aliphatic rings. The number of aryl methyl sites for hydroxylation is 1. The fraction of sp³-hybridized carbons (Fsp3) is 0.235. The van der Waals surface area contributed by atoms with Crippen LogP contribution in [0.25, 0.3) is 0 Å². The predicted molar refractivity (Wildman–Crippen MR) is 83.7 cm³/mol. The maximum Gasteiger partial charge on any atom is 0.255 e. The lowest BCUT2D eigenvalue weighted by molar-refractivity contribution is 0.0729. The summed E-state index contributed by atoms with van der Waals surface area (Å²) < 4.78 is 14.0. The van der Waals surface area contributed by atoms with Crippen LogP contribution in [0.15, 0.2) is 46.9 Å². The number of carbonyl (C=O) groups is 1. The molecule has 0 aromatic heterocycles. The van der Waals surface area contributed by atoms with Gasteiger partial charge in [-0.25, -0.2) is 4.39 Å². The molecule has 0 N–H and O–H groups in total. The van der Waals surface area contributed by atoms with Gasteiger partial charge in [0.05, 0.1) is 11.6 Å². The lowest BCUT2D eigenvalue weighted by atomic mass is 10.1. The zero-order valence-corrected chi connectivity index (χ0v) is 13.2. The molecule has 21 heavy (non-hydrogen) atoms. The van der Waals surface area contributed by atoms with Crippen molar-refractivity contribution in [3.05, 3.63) is 69.4 Å². The van der Waals surface area contributed by atoms with Gasteiger partial charge in [-0.05, 0) is 58.1 Å². The highest BCUT2D eigenvalue weighted by Gasteiger charge is 2.29. The second-order valence-corrected chi connectivity index (χ2v) is 6.15. The molecule has 0 fully saturated rings. The molecule has 2 aromatic rings. The number of rotatable bonds is 2. The predicted octanol–water partition coefficient (Wildman–Crippen LogP) is 4.35. The molecule has 3 rings (SSSR count). The summed E-state index contributed by atoms with van der Waals surface area (Å²) in [7, 11) is 1.78. The van der Waals surface area contributed by atoms with E-state index >= 15 is 0 Å². The molecule has 2 nitrogen and oxygen atoms in total. The zero-order valence-electron chi connectivity index (χ0n) is 11.6. The standard InChI is InChI=1S/C17H15BrFNO/c1-20(16-9-6-11-4-2-3-5-13(11)16)17(21)14-10-12(19)7-8-15(14)18/h2-5,7-8,10,16H,6,9H2,1H3. The number of nitrogens with zero attached hydrogens (tertiary/aromatic N) is 1. The highest BCUT2D eigenvalue weighted by atomic mass is 79.9. The van der Waals surface area contributed by atoms with Crippen LogP contribution in [0, 0.1) is 5.82 Å². The molecule has 0 heterocycles. The molecular weight excluding hydrogens is 333 g/mol. The summed E-state index contributed by atoms with van der Waals surface area (Å²) >= 11 is 3.33. The summed E-state index contributed by atoms with van der Waals surface area (Å²) in [5.41, 5.74) is 2.85. The number of hydrogen-bond donors (Lipinski definition) is 0. The fourth-order valence-corrected chi connectivity index (χ4v) is 3.35. The van der Waals surface area contributed by atoms with Crippen molar-refractivity contribution in [1.82, 2.24) is 4.90 Å². The number of amides is 1. The second kappa shape index (κ2) is 5.60. The van der Waals surface area contributed by atoms with Crippen LogP contribution in [0.3, 0.4) is 0 Å². The number of benzene rings is 2. The van der Waals surface area contributed by atoms with Crippen molar-refractivity contribution in [3.63, 3.8) is 0 Å². The number of hydrogen-bond acceptors (Lipinski definition) is 1. The third-order valence-corrected chi connectivity index (χ3v) is 4.74. The maximum absolute atomic E-state index is 13.4. The number of fused-ring (bicyclic) bond motifs is 1. The fourth-order valence-electron chi connectivity index (χ4n) is 2.93. The van der Waals surface area contributed by atoms with Gasteiger partial charge in [0, 0.05) is 11.5 Å². The highest BCUT2D eigenvalue weighted by Crippen LogP contribution is 2.36. The van der Waals surface area contributed by atoms with Crippen molar-refractivity contribution >= 4 is 21.8 Å². The Bertz CT molecular complexity index is 701. The minimum Gasteiger partial charge on any atom is -0.335 e. The van der Waals surface area contributed by atoms with E-state index in [1.54, 1.807) is 18.0 Å². The summed E-state index contributed by atoms with van der Waals surface area (Å²) in [6.45, 7) is 0. The first kappa shape index (κ1) is 14.3. The van der Waals surface area contributed by atoms with E-state index in [2.05, 4.69) is 28.1 Å². The van der Waals surface area contributed by atoms with Gasteiger partial charge in [-0.3, -0.25) is 4.79 Å². The Kier molecular flexibility index (Phi) is 3.81. The van der Waals surface area contributed by atoms with Gasteiger partial charge in [0.25, 0.3) is 5.91 Å². The van der Waals surface area contributed by atoms with Crippen LogP contribution in [-0.2, 0) is 6.42 Å². The molecule has 0 aliphatic heterocycles. The van der Waals surface area contributed by atoms with Gasteiger partial charge < -0.3 is 4.90 Å². The number of halogens is 2. The monoisotopic (exact) mass is 347 g/mol. The molecule has 1 amide bonds. The third kappa shape index (κ3) is 2.60. The summed E-state index contributed by atoms with van der Waals surface area (Å²) in [5, 5.41) is 0. The van der Waals surface area contributed by atoms with E-state index in [0.29, 0.717) is 10.0 Å². The molecule has 0 saturated heterocycles. The van der Waals surface area contributed by atoms with E-state index < -0.39 is 5.82 Å². The first-order chi connectivity index (χ1) is 10.1. The topological polar surface area (TPSA) is 20.3 Å². The van der Waals surface area contributed by atoms with Crippen LogP contribution in [0.2, 0.25) is 0 Å². The second-order valence-electron chi connectivity index (χ2n) is 5.29. The van der Waals surface area contributed by atoms with E-state index in [-0.39, 0.29) is 11.9 Å². The van der Waals surface area contributed by atoms with Crippen LogP contribution >= 0.6 is 15.9 Å². The molecule has 0 bridgehead atoms. The van der Waals surface area contributed by atoms with Gasteiger partial charge >= 0.3 is 0 Å². The van der Waals surface area contributed by atoms with Crippen LogP contribution < -0.4 is 0 Å². The average molecular weight is 348 g/mol. The molecule has 0 radical (unpaired) electrons. The SMILES string of the molecule is CN(C(=O)c1cc(F)ccc1Br)C1CCc2ccccc21. The molecule has 2 aromatic carbocycles. The smallest absolute Gasteiger partial charge is 0.255 e. The van der Waals surface area contributed by atoms with Crippen molar-refractivity contribution in [2.45, 2.75) is 18.9 Å². The first-order valence-corrected chi connectivity index (χ1v) is 7.67. The van der Waals surface area contributed by atoms with E-state index in [0.717, 1.165) is 12.8 Å². The molecule has 0 spiro atoms. The van der Waals surface area contributed by atoms with E-state index in [1.807, 2.05) is 12.1 Å². The molecular formula is C17H15BrFNO. The highest BCUT2D eigenvalue weighted by molar-refractivity contribution is 9.10. The first-order valence-electron chi connectivity index (χ1n) is 6.88. The molecule has 0 saturated carbocycles. The lowest BCUT2D eigenvalue weighted by Crippen LogP contribution is -2.30. The van der Waals surface area contributed by atoms with Crippen molar-refractivity contribution in [2.75, 3.05) is 7.05 Å². The largest absolute Gasteiger partial charge is 0.335 e. The van der Waals surface area contributed by atoms with Gasteiger partial charge in [0.1, 0.15) is 5.82 Å².